The van der Waals surface area contributed by atoms with Crippen LogP contribution in [0.5, 0.6) is 0 Å². The lowest BCUT2D eigenvalue weighted by Crippen LogP contribution is -2.28. The maximum Gasteiger partial charge on any atom is 0.262 e. The summed E-state index contributed by atoms with van der Waals surface area (Å²) in [5.74, 6) is -0.155. The lowest BCUT2D eigenvalue weighted by molar-refractivity contribution is 0.0951. The summed E-state index contributed by atoms with van der Waals surface area (Å²) >= 11 is 0. The fourth-order valence-corrected chi connectivity index (χ4v) is 4.32. The molecule has 0 bridgehead atoms. The van der Waals surface area contributed by atoms with E-state index in [0.29, 0.717) is 23.4 Å². The molecule has 0 aromatic heterocycles. The van der Waals surface area contributed by atoms with E-state index in [-0.39, 0.29) is 16.7 Å². The molecule has 2 N–H and O–H groups in total. The highest BCUT2D eigenvalue weighted by atomic mass is 32.2. The van der Waals surface area contributed by atoms with Crippen LogP contribution in [0.25, 0.3) is 0 Å². The van der Waals surface area contributed by atoms with Gasteiger partial charge in [-0.1, -0.05) is 61.5 Å². The Labute approximate surface area is 171 Å². The number of sulfonamides is 1. The molecule has 0 aliphatic heterocycles. The number of rotatable bonds is 7. The van der Waals surface area contributed by atoms with Gasteiger partial charge >= 0.3 is 0 Å². The van der Waals surface area contributed by atoms with Gasteiger partial charge in [0.15, 0.2) is 0 Å². The highest BCUT2D eigenvalue weighted by Gasteiger charge is 2.19. The Hall–Kier alpha value is -3.12. The van der Waals surface area contributed by atoms with Crippen LogP contribution >= 0.6 is 0 Å². The van der Waals surface area contributed by atoms with E-state index in [1.54, 1.807) is 43.3 Å². The molecule has 5 nitrogen and oxygen atoms in total. The highest BCUT2D eigenvalue weighted by molar-refractivity contribution is 7.92. The van der Waals surface area contributed by atoms with Crippen LogP contribution < -0.4 is 10.0 Å². The molecule has 0 fully saturated rings. The molecule has 1 amide bonds. The van der Waals surface area contributed by atoms with Crippen molar-refractivity contribution in [2.45, 2.75) is 24.7 Å². The first-order chi connectivity index (χ1) is 13.9. The van der Waals surface area contributed by atoms with Gasteiger partial charge < -0.3 is 5.32 Å². The van der Waals surface area contributed by atoms with Crippen molar-refractivity contribution >= 4 is 21.6 Å². The van der Waals surface area contributed by atoms with Crippen LogP contribution in [0.4, 0.5) is 5.69 Å². The number of aryl methyl sites for hydroxylation is 1. The molecule has 0 aliphatic rings. The Kier molecular flexibility index (Phi) is 6.34. The molecule has 0 saturated heterocycles. The zero-order chi connectivity index (χ0) is 20.9. The van der Waals surface area contributed by atoms with E-state index >= 15 is 0 Å². The molecule has 1 atom stereocenters. The van der Waals surface area contributed by atoms with Crippen molar-refractivity contribution in [3.05, 3.63) is 95.6 Å². The summed E-state index contributed by atoms with van der Waals surface area (Å²) < 4.78 is 28.2. The minimum Gasteiger partial charge on any atom is -0.351 e. The smallest absolute Gasteiger partial charge is 0.262 e. The molecule has 6 heteroatoms. The van der Waals surface area contributed by atoms with E-state index in [0.717, 1.165) is 5.56 Å². The molecule has 3 aromatic rings. The van der Waals surface area contributed by atoms with E-state index in [9.17, 15) is 13.2 Å². The zero-order valence-electron chi connectivity index (χ0n) is 16.4. The summed E-state index contributed by atoms with van der Waals surface area (Å²) in [7, 11) is -3.80. The van der Waals surface area contributed by atoms with Crippen LogP contribution in [0, 0.1) is 6.92 Å². The third-order valence-electron chi connectivity index (χ3n) is 4.70. The number of carbonyl (C=O) groups excluding carboxylic acids is 1. The van der Waals surface area contributed by atoms with Crippen LogP contribution in [0.15, 0.2) is 83.8 Å². The maximum atomic E-state index is 12.8. The minimum atomic E-state index is -3.80. The topological polar surface area (TPSA) is 75.3 Å². The number of carbonyl (C=O) groups is 1. The van der Waals surface area contributed by atoms with Gasteiger partial charge in [0.05, 0.1) is 4.90 Å². The van der Waals surface area contributed by atoms with Gasteiger partial charge in [-0.3, -0.25) is 9.52 Å². The standard InChI is InChI=1S/C23H24N2O3S/c1-17-13-14-20(23(26)24-16-18(2)19-9-5-3-6-10-19)15-22(17)29(27,28)25-21-11-7-4-8-12-21/h3-15,18,25H,16H2,1-2H3,(H,24,26)/t18-/m1/s1. The largest absolute Gasteiger partial charge is 0.351 e. The van der Waals surface area contributed by atoms with E-state index in [4.69, 9.17) is 0 Å². The molecule has 150 valence electrons. The molecule has 0 unspecified atom stereocenters. The van der Waals surface area contributed by atoms with Crippen LogP contribution in [-0.2, 0) is 10.0 Å². The predicted molar refractivity (Wildman–Crippen MR) is 116 cm³/mol. The van der Waals surface area contributed by atoms with Gasteiger partial charge in [-0.15, -0.1) is 0 Å². The zero-order valence-corrected chi connectivity index (χ0v) is 17.2. The van der Waals surface area contributed by atoms with Gasteiger partial charge in [-0.25, -0.2) is 8.42 Å². The first-order valence-electron chi connectivity index (χ1n) is 9.38. The molecule has 3 aromatic carbocycles. The van der Waals surface area contributed by atoms with Gasteiger partial charge in [-0.05, 0) is 48.2 Å². The highest BCUT2D eigenvalue weighted by Crippen LogP contribution is 2.21. The number of anilines is 1. The summed E-state index contributed by atoms with van der Waals surface area (Å²) in [6.07, 6.45) is 0. The van der Waals surface area contributed by atoms with Gasteiger partial charge in [-0.2, -0.15) is 0 Å². The second-order valence-corrected chi connectivity index (χ2v) is 8.62. The molecule has 3 rings (SSSR count). The third-order valence-corrected chi connectivity index (χ3v) is 6.23. The maximum absolute atomic E-state index is 12.8. The van der Waals surface area contributed by atoms with Crippen LogP contribution in [-0.4, -0.2) is 20.9 Å². The third kappa shape index (κ3) is 5.23. The summed E-state index contributed by atoms with van der Waals surface area (Å²) in [6, 6.07) is 23.3. The summed E-state index contributed by atoms with van der Waals surface area (Å²) in [5, 5.41) is 2.89. The van der Waals surface area contributed by atoms with Crippen molar-refractivity contribution in [1.29, 1.82) is 0 Å². The van der Waals surface area contributed by atoms with Gasteiger partial charge in [0.1, 0.15) is 0 Å². The monoisotopic (exact) mass is 408 g/mol. The Bertz CT molecular complexity index is 1080. The second-order valence-electron chi connectivity index (χ2n) is 6.97. The number of benzene rings is 3. The van der Waals surface area contributed by atoms with Crippen LogP contribution in [0.3, 0.4) is 0 Å². The summed E-state index contributed by atoms with van der Waals surface area (Å²) in [6.45, 7) is 4.20. The Morgan fingerprint density at radius 3 is 2.21 bits per heavy atom. The van der Waals surface area contributed by atoms with E-state index < -0.39 is 10.0 Å². The average molecular weight is 409 g/mol. The van der Waals surface area contributed by atoms with Crippen molar-refractivity contribution < 1.29 is 13.2 Å². The SMILES string of the molecule is Cc1ccc(C(=O)NC[C@@H](C)c2ccccc2)cc1S(=O)(=O)Nc1ccccc1. The quantitative estimate of drug-likeness (QED) is 0.611. The van der Waals surface area contributed by atoms with Gasteiger partial charge in [0.25, 0.3) is 15.9 Å². The molecule has 29 heavy (non-hydrogen) atoms. The molecular weight excluding hydrogens is 384 g/mol. The van der Waals surface area contributed by atoms with E-state index in [1.807, 2.05) is 43.3 Å². The number of nitrogens with one attached hydrogen (secondary N) is 2. The Morgan fingerprint density at radius 1 is 0.931 bits per heavy atom. The van der Waals surface area contributed by atoms with Crippen LogP contribution in [0.2, 0.25) is 0 Å². The number of hydrogen-bond acceptors (Lipinski definition) is 3. The number of amides is 1. The fourth-order valence-electron chi connectivity index (χ4n) is 2.99. The van der Waals surface area contributed by atoms with Crippen molar-refractivity contribution in [3.8, 4) is 0 Å². The van der Waals surface area contributed by atoms with Crippen molar-refractivity contribution in [1.82, 2.24) is 5.32 Å². The van der Waals surface area contributed by atoms with E-state index in [1.165, 1.54) is 6.07 Å². The molecular formula is C23H24N2O3S. The van der Waals surface area contributed by atoms with Gasteiger partial charge in [0.2, 0.25) is 0 Å². The second kappa shape index (κ2) is 8.92. The normalized spacial score (nSPS) is 12.2. The number of hydrogen-bond donors (Lipinski definition) is 2. The molecule has 0 spiro atoms. The van der Waals surface area contributed by atoms with Crippen molar-refractivity contribution in [2.24, 2.45) is 0 Å². The number of para-hydroxylation sites is 1. The minimum absolute atomic E-state index is 0.0881. The first kappa shape index (κ1) is 20.6. The summed E-state index contributed by atoms with van der Waals surface area (Å²) in [5.41, 5.74) is 2.48. The fraction of sp³-hybridized carbons (Fsp3) is 0.174. The lowest BCUT2D eigenvalue weighted by atomic mass is 10.0. The molecule has 0 aliphatic carbocycles. The molecule has 0 saturated carbocycles. The first-order valence-corrected chi connectivity index (χ1v) is 10.9. The average Bonchev–Trinajstić information content (AvgIpc) is 2.73. The summed E-state index contributed by atoms with van der Waals surface area (Å²) in [4.78, 5) is 12.7. The molecule has 0 heterocycles. The van der Waals surface area contributed by atoms with Crippen molar-refractivity contribution in [2.75, 3.05) is 11.3 Å². The Balaban J connectivity index is 1.75. The van der Waals surface area contributed by atoms with Crippen LogP contribution in [0.1, 0.15) is 34.3 Å². The molecule has 0 radical (unpaired) electrons. The van der Waals surface area contributed by atoms with Crippen molar-refractivity contribution in [3.63, 3.8) is 0 Å². The lowest BCUT2D eigenvalue weighted by Gasteiger charge is -2.14. The van der Waals surface area contributed by atoms with Gasteiger partial charge in [0, 0.05) is 17.8 Å². The predicted octanol–water partition coefficient (Wildman–Crippen LogP) is 4.33. The Morgan fingerprint density at radius 2 is 1.55 bits per heavy atom. The van der Waals surface area contributed by atoms with E-state index in [2.05, 4.69) is 10.0 Å².